The van der Waals surface area contributed by atoms with Crippen LogP contribution in [0.3, 0.4) is 0 Å². The molecule has 1 aliphatic carbocycles. The standard InChI is InChI=1S/C10H18F3N3/c1-14-9(15-7-6-10(11,12)13)16-8-4-2-3-5-8/h8H,2-7H2,1H3,(H2,14,15,16). The molecule has 0 bridgehead atoms. The van der Waals surface area contributed by atoms with Crippen LogP contribution in [0, 0.1) is 0 Å². The normalized spacial score (nSPS) is 18.9. The lowest BCUT2D eigenvalue weighted by atomic mass is 10.2. The highest BCUT2D eigenvalue weighted by Gasteiger charge is 2.26. The highest BCUT2D eigenvalue weighted by Crippen LogP contribution is 2.18. The molecule has 0 atom stereocenters. The van der Waals surface area contributed by atoms with Gasteiger partial charge in [-0.15, -0.1) is 0 Å². The minimum Gasteiger partial charge on any atom is -0.356 e. The topological polar surface area (TPSA) is 36.4 Å². The summed E-state index contributed by atoms with van der Waals surface area (Å²) in [4.78, 5) is 3.90. The minimum atomic E-state index is -4.11. The fourth-order valence-corrected chi connectivity index (χ4v) is 1.78. The molecule has 0 amide bonds. The Labute approximate surface area is 93.5 Å². The lowest BCUT2D eigenvalue weighted by molar-refractivity contribution is -0.132. The molecule has 1 aliphatic rings. The van der Waals surface area contributed by atoms with Gasteiger partial charge in [0.15, 0.2) is 5.96 Å². The first-order chi connectivity index (χ1) is 7.51. The number of nitrogens with zero attached hydrogens (tertiary/aromatic N) is 1. The molecule has 1 saturated carbocycles. The smallest absolute Gasteiger partial charge is 0.356 e. The number of nitrogens with one attached hydrogen (secondary N) is 2. The van der Waals surface area contributed by atoms with Gasteiger partial charge in [-0.25, -0.2) is 0 Å². The second kappa shape index (κ2) is 5.96. The van der Waals surface area contributed by atoms with Gasteiger partial charge in [0.2, 0.25) is 0 Å². The maximum Gasteiger partial charge on any atom is 0.390 e. The largest absolute Gasteiger partial charge is 0.390 e. The van der Waals surface area contributed by atoms with Crippen molar-refractivity contribution < 1.29 is 13.2 Å². The fraction of sp³-hybridized carbons (Fsp3) is 0.900. The monoisotopic (exact) mass is 237 g/mol. The Kier molecular flexibility index (Phi) is 4.89. The maximum atomic E-state index is 11.9. The van der Waals surface area contributed by atoms with Crippen molar-refractivity contribution in [2.75, 3.05) is 13.6 Å². The number of aliphatic imine (C=N–C) groups is 1. The van der Waals surface area contributed by atoms with E-state index < -0.39 is 12.6 Å². The number of hydrogen-bond acceptors (Lipinski definition) is 1. The van der Waals surface area contributed by atoms with Crippen molar-refractivity contribution >= 4 is 5.96 Å². The van der Waals surface area contributed by atoms with E-state index in [4.69, 9.17) is 0 Å². The molecule has 1 rings (SSSR count). The molecule has 3 nitrogen and oxygen atoms in total. The molecule has 2 N–H and O–H groups in total. The minimum absolute atomic E-state index is 0.129. The van der Waals surface area contributed by atoms with Crippen molar-refractivity contribution in [1.82, 2.24) is 10.6 Å². The third-order valence-corrected chi connectivity index (χ3v) is 2.62. The van der Waals surface area contributed by atoms with E-state index in [2.05, 4.69) is 15.6 Å². The summed E-state index contributed by atoms with van der Waals surface area (Å²) in [5.41, 5.74) is 0. The molecule has 0 heterocycles. The average Bonchev–Trinajstić information content (AvgIpc) is 2.67. The van der Waals surface area contributed by atoms with E-state index in [9.17, 15) is 13.2 Å². The molecule has 16 heavy (non-hydrogen) atoms. The molecular weight excluding hydrogens is 219 g/mol. The first-order valence-electron chi connectivity index (χ1n) is 5.55. The summed E-state index contributed by atoms with van der Waals surface area (Å²) in [5, 5.41) is 5.80. The lowest BCUT2D eigenvalue weighted by Gasteiger charge is -2.17. The predicted octanol–water partition coefficient (Wildman–Crippen LogP) is 2.05. The quantitative estimate of drug-likeness (QED) is 0.582. The van der Waals surface area contributed by atoms with E-state index in [0.717, 1.165) is 12.8 Å². The van der Waals surface area contributed by atoms with Gasteiger partial charge in [0.1, 0.15) is 0 Å². The summed E-state index contributed by atoms with van der Waals surface area (Å²) in [6.07, 6.45) is -0.452. The van der Waals surface area contributed by atoms with Gasteiger partial charge in [-0.2, -0.15) is 13.2 Å². The zero-order valence-corrected chi connectivity index (χ0v) is 9.40. The summed E-state index contributed by atoms with van der Waals surface area (Å²) >= 11 is 0. The van der Waals surface area contributed by atoms with Crippen molar-refractivity contribution in [3.63, 3.8) is 0 Å². The summed E-state index contributed by atoms with van der Waals surface area (Å²) in [7, 11) is 1.57. The highest BCUT2D eigenvalue weighted by molar-refractivity contribution is 5.79. The number of alkyl halides is 3. The van der Waals surface area contributed by atoms with Crippen LogP contribution in [0.2, 0.25) is 0 Å². The zero-order valence-electron chi connectivity index (χ0n) is 9.40. The Morgan fingerprint density at radius 2 is 1.94 bits per heavy atom. The van der Waals surface area contributed by atoms with Crippen LogP contribution in [0.1, 0.15) is 32.1 Å². The van der Waals surface area contributed by atoms with Crippen LogP contribution in [-0.2, 0) is 0 Å². The molecule has 0 radical (unpaired) electrons. The maximum absolute atomic E-state index is 11.9. The molecule has 6 heteroatoms. The number of rotatable bonds is 3. The van der Waals surface area contributed by atoms with Gasteiger partial charge >= 0.3 is 6.18 Å². The number of hydrogen-bond donors (Lipinski definition) is 2. The SMILES string of the molecule is CN=C(NCCC(F)(F)F)NC1CCCC1. The molecule has 0 unspecified atom stereocenters. The number of halogens is 3. The van der Waals surface area contributed by atoms with Crippen molar-refractivity contribution in [1.29, 1.82) is 0 Å². The first kappa shape index (κ1) is 13.1. The summed E-state index contributed by atoms with van der Waals surface area (Å²) < 4.78 is 35.7. The van der Waals surface area contributed by atoms with Gasteiger partial charge < -0.3 is 10.6 Å². The molecule has 0 aromatic rings. The van der Waals surface area contributed by atoms with Crippen LogP contribution in [0.5, 0.6) is 0 Å². The molecule has 0 saturated heterocycles. The van der Waals surface area contributed by atoms with E-state index in [1.54, 1.807) is 7.05 Å². The Balaban J connectivity index is 2.22. The van der Waals surface area contributed by atoms with E-state index >= 15 is 0 Å². The second-order valence-electron chi connectivity index (χ2n) is 3.99. The van der Waals surface area contributed by atoms with Gasteiger partial charge in [-0.3, -0.25) is 4.99 Å². The second-order valence-corrected chi connectivity index (χ2v) is 3.99. The van der Waals surface area contributed by atoms with Gasteiger partial charge in [0.05, 0.1) is 6.42 Å². The third kappa shape index (κ3) is 5.23. The van der Waals surface area contributed by atoms with Gasteiger partial charge in [-0.1, -0.05) is 12.8 Å². The van der Waals surface area contributed by atoms with Crippen LogP contribution in [0.4, 0.5) is 13.2 Å². The van der Waals surface area contributed by atoms with Crippen LogP contribution >= 0.6 is 0 Å². The van der Waals surface area contributed by atoms with Gasteiger partial charge in [0, 0.05) is 19.6 Å². The predicted molar refractivity (Wildman–Crippen MR) is 57.4 cm³/mol. The zero-order chi connectivity index (χ0) is 12.0. The van der Waals surface area contributed by atoms with Gasteiger partial charge in [0.25, 0.3) is 0 Å². The van der Waals surface area contributed by atoms with E-state index in [0.29, 0.717) is 12.0 Å². The van der Waals surface area contributed by atoms with Crippen molar-refractivity contribution in [2.24, 2.45) is 4.99 Å². The summed E-state index contributed by atoms with van der Waals surface area (Å²) in [6, 6.07) is 0.358. The van der Waals surface area contributed by atoms with Gasteiger partial charge in [-0.05, 0) is 12.8 Å². The first-order valence-corrected chi connectivity index (χ1v) is 5.55. The Morgan fingerprint density at radius 3 is 2.44 bits per heavy atom. The van der Waals surface area contributed by atoms with Crippen LogP contribution in [0.15, 0.2) is 4.99 Å². The Morgan fingerprint density at radius 1 is 1.31 bits per heavy atom. The lowest BCUT2D eigenvalue weighted by Crippen LogP contribution is -2.43. The molecule has 0 aromatic heterocycles. The Bertz CT molecular complexity index is 232. The van der Waals surface area contributed by atoms with Crippen molar-refractivity contribution in [3.05, 3.63) is 0 Å². The van der Waals surface area contributed by atoms with Crippen molar-refractivity contribution in [3.8, 4) is 0 Å². The van der Waals surface area contributed by atoms with Crippen molar-refractivity contribution in [2.45, 2.75) is 44.3 Å². The average molecular weight is 237 g/mol. The van der Waals surface area contributed by atoms with E-state index in [-0.39, 0.29) is 6.54 Å². The highest BCUT2D eigenvalue weighted by atomic mass is 19.4. The number of guanidine groups is 1. The van der Waals surface area contributed by atoms with E-state index in [1.165, 1.54) is 12.8 Å². The Hall–Kier alpha value is -0.940. The molecule has 0 aromatic carbocycles. The molecule has 94 valence electrons. The molecule has 0 aliphatic heterocycles. The molecule has 1 fully saturated rings. The summed E-state index contributed by atoms with van der Waals surface area (Å²) in [5.74, 6) is 0.469. The molecular formula is C10H18F3N3. The van der Waals surface area contributed by atoms with Crippen LogP contribution in [0.25, 0.3) is 0 Å². The third-order valence-electron chi connectivity index (χ3n) is 2.62. The molecule has 0 spiro atoms. The van der Waals surface area contributed by atoms with Crippen LogP contribution in [-0.4, -0.2) is 31.8 Å². The summed E-state index contributed by atoms with van der Waals surface area (Å²) in [6.45, 7) is -0.129. The van der Waals surface area contributed by atoms with E-state index in [1.807, 2.05) is 0 Å². The van der Waals surface area contributed by atoms with Crippen LogP contribution < -0.4 is 10.6 Å². The fourth-order valence-electron chi connectivity index (χ4n) is 1.78.